The predicted octanol–water partition coefficient (Wildman–Crippen LogP) is 1.30. The number of piperidine rings is 1. The van der Waals surface area contributed by atoms with Crippen molar-refractivity contribution in [2.45, 2.75) is 25.8 Å². The van der Waals surface area contributed by atoms with Crippen molar-refractivity contribution in [3.63, 3.8) is 0 Å². The summed E-state index contributed by atoms with van der Waals surface area (Å²) in [5.41, 5.74) is 7.05. The summed E-state index contributed by atoms with van der Waals surface area (Å²) < 4.78 is 0. The summed E-state index contributed by atoms with van der Waals surface area (Å²) in [6.07, 6.45) is 2.06. The van der Waals surface area contributed by atoms with Crippen LogP contribution in [0.4, 0.5) is 11.4 Å². The van der Waals surface area contributed by atoms with Gasteiger partial charge in [0.05, 0.1) is 17.4 Å². The summed E-state index contributed by atoms with van der Waals surface area (Å²) in [6.45, 7) is 3.76. The zero-order chi connectivity index (χ0) is 14.5. The smallest absolute Gasteiger partial charge is 0.241 e. The van der Waals surface area contributed by atoms with Crippen LogP contribution in [0.15, 0.2) is 24.3 Å². The van der Waals surface area contributed by atoms with Crippen LogP contribution in [-0.2, 0) is 4.79 Å². The molecule has 5 nitrogen and oxygen atoms in total. The second-order valence-electron chi connectivity index (χ2n) is 5.44. The summed E-state index contributed by atoms with van der Waals surface area (Å²) in [5.74, 6) is 0.224. The van der Waals surface area contributed by atoms with Gasteiger partial charge >= 0.3 is 0 Å². The van der Waals surface area contributed by atoms with Crippen LogP contribution in [0.25, 0.3) is 0 Å². The maximum atomic E-state index is 12.3. The number of nitrogens with one attached hydrogen (secondary N) is 1. The zero-order valence-corrected chi connectivity index (χ0v) is 11.9. The highest BCUT2D eigenvalue weighted by Gasteiger charge is 2.27. The molecule has 1 aliphatic rings. The molecule has 4 N–H and O–H groups in total. The SMILES string of the molecule is CC(C(=O)Nc1ccccc1N)N1CCCC(CO)C1. The molecule has 0 bridgehead atoms. The van der Waals surface area contributed by atoms with Crippen molar-refractivity contribution in [3.05, 3.63) is 24.3 Å². The molecule has 1 saturated heterocycles. The summed E-state index contributed by atoms with van der Waals surface area (Å²) in [7, 11) is 0. The van der Waals surface area contributed by atoms with Gasteiger partial charge in [-0.2, -0.15) is 0 Å². The molecular formula is C15H23N3O2. The number of benzene rings is 1. The number of aliphatic hydroxyl groups excluding tert-OH is 1. The Labute approximate surface area is 119 Å². The van der Waals surface area contributed by atoms with E-state index in [1.165, 1.54) is 0 Å². The number of aliphatic hydroxyl groups is 1. The quantitative estimate of drug-likeness (QED) is 0.725. The van der Waals surface area contributed by atoms with Crippen LogP contribution in [0.5, 0.6) is 0 Å². The van der Waals surface area contributed by atoms with Gasteiger partial charge in [-0.05, 0) is 44.4 Å². The monoisotopic (exact) mass is 277 g/mol. The molecule has 0 aromatic heterocycles. The average Bonchev–Trinajstić information content (AvgIpc) is 2.48. The van der Waals surface area contributed by atoms with Gasteiger partial charge in [0.1, 0.15) is 0 Å². The molecule has 5 heteroatoms. The third-order valence-corrected chi connectivity index (χ3v) is 3.95. The lowest BCUT2D eigenvalue weighted by atomic mass is 9.97. The first-order valence-corrected chi connectivity index (χ1v) is 7.12. The third-order valence-electron chi connectivity index (χ3n) is 3.95. The van der Waals surface area contributed by atoms with Crippen LogP contribution >= 0.6 is 0 Å². The van der Waals surface area contributed by atoms with E-state index >= 15 is 0 Å². The molecule has 1 aliphatic heterocycles. The van der Waals surface area contributed by atoms with E-state index in [2.05, 4.69) is 10.2 Å². The highest BCUT2D eigenvalue weighted by molar-refractivity contribution is 5.97. The van der Waals surface area contributed by atoms with Crippen molar-refractivity contribution in [2.75, 3.05) is 30.7 Å². The van der Waals surface area contributed by atoms with Gasteiger partial charge in [-0.1, -0.05) is 12.1 Å². The second kappa shape index (κ2) is 6.72. The number of hydrogen-bond acceptors (Lipinski definition) is 4. The fraction of sp³-hybridized carbons (Fsp3) is 0.533. The molecule has 0 aliphatic carbocycles. The van der Waals surface area contributed by atoms with Gasteiger partial charge in [-0.25, -0.2) is 0 Å². The minimum absolute atomic E-state index is 0.0542. The molecule has 0 spiro atoms. The Morgan fingerprint density at radius 2 is 2.30 bits per heavy atom. The standard InChI is InChI=1S/C15H23N3O2/c1-11(18-8-4-5-12(9-18)10-19)15(20)17-14-7-3-2-6-13(14)16/h2-3,6-7,11-12,19H,4-5,8-10,16H2,1H3,(H,17,20). The Bertz CT molecular complexity index is 464. The Morgan fingerprint density at radius 1 is 1.55 bits per heavy atom. The largest absolute Gasteiger partial charge is 0.397 e. The van der Waals surface area contributed by atoms with E-state index in [9.17, 15) is 9.90 Å². The number of anilines is 2. The van der Waals surface area contributed by atoms with E-state index in [-0.39, 0.29) is 24.5 Å². The van der Waals surface area contributed by atoms with Crippen molar-refractivity contribution in [1.82, 2.24) is 4.90 Å². The van der Waals surface area contributed by atoms with Crippen LogP contribution in [0.3, 0.4) is 0 Å². The molecule has 0 radical (unpaired) electrons. The summed E-state index contributed by atoms with van der Waals surface area (Å²) in [4.78, 5) is 14.4. The molecular weight excluding hydrogens is 254 g/mol. The zero-order valence-electron chi connectivity index (χ0n) is 11.9. The van der Waals surface area contributed by atoms with E-state index in [0.29, 0.717) is 11.4 Å². The number of likely N-dealkylation sites (tertiary alicyclic amines) is 1. The summed E-state index contributed by atoms with van der Waals surface area (Å²) in [6, 6.07) is 7.03. The number of carbonyl (C=O) groups is 1. The van der Waals surface area contributed by atoms with Crippen LogP contribution in [0.1, 0.15) is 19.8 Å². The van der Waals surface area contributed by atoms with Gasteiger partial charge in [-0.3, -0.25) is 9.69 Å². The minimum Gasteiger partial charge on any atom is -0.397 e. The van der Waals surface area contributed by atoms with Gasteiger partial charge in [-0.15, -0.1) is 0 Å². The van der Waals surface area contributed by atoms with E-state index in [1.807, 2.05) is 19.1 Å². The lowest BCUT2D eigenvalue weighted by molar-refractivity contribution is -0.121. The van der Waals surface area contributed by atoms with Gasteiger partial charge in [0.2, 0.25) is 5.91 Å². The first kappa shape index (κ1) is 14.8. The molecule has 1 amide bonds. The van der Waals surface area contributed by atoms with E-state index in [4.69, 9.17) is 5.73 Å². The fourth-order valence-electron chi connectivity index (χ4n) is 2.61. The third kappa shape index (κ3) is 3.49. The molecule has 2 unspecified atom stereocenters. The molecule has 20 heavy (non-hydrogen) atoms. The number of para-hydroxylation sites is 2. The van der Waals surface area contributed by atoms with Crippen molar-refractivity contribution in [3.8, 4) is 0 Å². The van der Waals surface area contributed by atoms with Gasteiger partial charge < -0.3 is 16.2 Å². The highest BCUT2D eigenvalue weighted by atomic mass is 16.3. The van der Waals surface area contributed by atoms with Crippen molar-refractivity contribution >= 4 is 17.3 Å². The summed E-state index contributed by atoms with van der Waals surface area (Å²) >= 11 is 0. The first-order valence-electron chi connectivity index (χ1n) is 7.12. The number of amides is 1. The second-order valence-corrected chi connectivity index (χ2v) is 5.44. The first-order chi connectivity index (χ1) is 9.61. The van der Waals surface area contributed by atoms with Gasteiger partial charge in [0.25, 0.3) is 0 Å². The van der Waals surface area contributed by atoms with Crippen molar-refractivity contribution in [2.24, 2.45) is 5.92 Å². The molecule has 2 rings (SSSR count). The van der Waals surface area contributed by atoms with E-state index in [1.54, 1.807) is 12.1 Å². The van der Waals surface area contributed by atoms with Crippen molar-refractivity contribution < 1.29 is 9.90 Å². The van der Waals surface area contributed by atoms with Crippen molar-refractivity contribution in [1.29, 1.82) is 0 Å². The van der Waals surface area contributed by atoms with Gasteiger partial charge in [0.15, 0.2) is 0 Å². The molecule has 2 atom stereocenters. The molecule has 1 aromatic rings. The fourth-order valence-corrected chi connectivity index (χ4v) is 2.61. The van der Waals surface area contributed by atoms with E-state index < -0.39 is 0 Å². The number of nitrogens with two attached hydrogens (primary N) is 1. The van der Waals surface area contributed by atoms with Gasteiger partial charge in [0, 0.05) is 13.2 Å². The normalized spacial score (nSPS) is 21.4. The minimum atomic E-state index is -0.219. The molecule has 1 aromatic carbocycles. The maximum Gasteiger partial charge on any atom is 0.241 e. The Morgan fingerprint density at radius 3 is 3.00 bits per heavy atom. The van der Waals surface area contributed by atoms with Crippen LogP contribution in [0, 0.1) is 5.92 Å². The Kier molecular flexibility index (Phi) is 4.98. The Balaban J connectivity index is 1.96. The number of nitrogens with zero attached hydrogens (tertiary/aromatic N) is 1. The number of nitrogen functional groups attached to an aromatic ring is 1. The lowest BCUT2D eigenvalue weighted by Crippen LogP contribution is -2.47. The Hall–Kier alpha value is -1.59. The molecule has 0 saturated carbocycles. The topological polar surface area (TPSA) is 78.6 Å². The van der Waals surface area contributed by atoms with Crippen LogP contribution in [0.2, 0.25) is 0 Å². The number of rotatable bonds is 4. The predicted molar refractivity (Wildman–Crippen MR) is 80.3 cm³/mol. The maximum absolute atomic E-state index is 12.3. The lowest BCUT2D eigenvalue weighted by Gasteiger charge is -2.35. The highest BCUT2D eigenvalue weighted by Crippen LogP contribution is 2.20. The molecule has 110 valence electrons. The molecule has 1 heterocycles. The summed E-state index contributed by atoms with van der Waals surface area (Å²) in [5, 5.41) is 12.1. The van der Waals surface area contributed by atoms with Crippen LogP contribution < -0.4 is 11.1 Å². The molecule has 1 fully saturated rings. The van der Waals surface area contributed by atoms with E-state index in [0.717, 1.165) is 25.9 Å². The number of carbonyl (C=O) groups excluding carboxylic acids is 1. The van der Waals surface area contributed by atoms with Crippen LogP contribution in [-0.4, -0.2) is 41.7 Å². The number of hydrogen-bond donors (Lipinski definition) is 3. The average molecular weight is 277 g/mol.